The fourth-order valence-electron chi connectivity index (χ4n) is 4.36. The van der Waals surface area contributed by atoms with Gasteiger partial charge in [-0.2, -0.15) is 5.10 Å². The molecule has 2 aromatic heterocycles. The molecule has 0 saturated carbocycles. The number of carbonyl (C=O) groups is 2. The Kier molecular flexibility index (Phi) is 5.84. The molecule has 0 spiro atoms. The number of likely N-dealkylation sites (tertiary alicyclic amines) is 1. The molecular weight excluding hydrogens is 390 g/mol. The number of nitrogens with zero attached hydrogens (tertiary/aromatic N) is 4. The molecule has 1 aliphatic heterocycles. The summed E-state index contributed by atoms with van der Waals surface area (Å²) in [5.41, 5.74) is 9.32. The summed E-state index contributed by atoms with van der Waals surface area (Å²) in [5, 5.41) is 4.23. The Hall–Kier alpha value is -3.48. The van der Waals surface area contributed by atoms with Crippen molar-refractivity contribution in [3.63, 3.8) is 0 Å². The molecule has 7 nitrogen and oxygen atoms in total. The van der Waals surface area contributed by atoms with E-state index in [0.717, 1.165) is 22.4 Å². The molecule has 160 valence electrons. The van der Waals surface area contributed by atoms with Crippen LogP contribution in [0.15, 0.2) is 61.1 Å². The van der Waals surface area contributed by atoms with Gasteiger partial charge in [0.2, 0.25) is 11.8 Å². The third-order valence-corrected chi connectivity index (χ3v) is 6.23. The van der Waals surface area contributed by atoms with Crippen LogP contribution in [0.25, 0.3) is 11.1 Å². The topological polar surface area (TPSA) is 94.1 Å². The van der Waals surface area contributed by atoms with Crippen molar-refractivity contribution in [2.75, 3.05) is 13.1 Å². The second-order valence-electron chi connectivity index (χ2n) is 8.23. The Balaban J connectivity index is 1.50. The van der Waals surface area contributed by atoms with E-state index in [2.05, 4.69) is 10.1 Å². The molecule has 0 unspecified atom stereocenters. The van der Waals surface area contributed by atoms with Gasteiger partial charge in [0.25, 0.3) is 0 Å². The fraction of sp³-hybridized carbons (Fsp3) is 0.333. The van der Waals surface area contributed by atoms with E-state index >= 15 is 0 Å². The summed E-state index contributed by atoms with van der Waals surface area (Å²) >= 11 is 0. The normalized spacial score (nSPS) is 18.3. The van der Waals surface area contributed by atoms with E-state index in [4.69, 9.17) is 5.73 Å². The van der Waals surface area contributed by atoms with E-state index < -0.39 is 5.41 Å². The van der Waals surface area contributed by atoms with Crippen LogP contribution in [0.1, 0.15) is 24.1 Å². The highest BCUT2D eigenvalue weighted by Crippen LogP contribution is 2.37. The van der Waals surface area contributed by atoms with Gasteiger partial charge >= 0.3 is 0 Å². The lowest BCUT2D eigenvalue weighted by Crippen LogP contribution is -2.42. The predicted molar refractivity (Wildman–Crippen MR) is 118 cm³/mol. The van der Waals surface area contributed by atoms with Crippen molar-refractivity contribution in [1.29, 1.82) is 0 Å². The zero-order valence-electron chi connectivity index (χ0n) is 17.7. The summed E-state index contributed by atoms with van der Waals surface area (Å²) in [5.74, 6) is -0.323. The highest BCUT2D eigenvalue weighted by molar-refractivity contribution is 5.85. The number of hydrogen-bond donors (Lipinski definition) is 1. The summed E-state index contributed by atoms with van der Waals surface area (Å²) in [6.45, 7) is 3.38. The van der Waals surface area contributed by atoms with Crippen molar-refractivity contribution in [1.82, 2.24) is 19.7 Å². The average Bonchev–Trinajstić information content (AvgIpc) is 3.40. The van der Waals surface area contributed by atoms with E-state index in [1.807, 2.05) is 54.1 Å². The molecule has 1 fully saturated rings. The molecular formula is C24H27N5O2. The largest absolute Gasteiger partial charge is 0.369 e. The maximum absolute atomic E-state index is 12.8. The minimum absolute atomic E-state index is 0.0282. The van der Waals surface area contributed by atoms with Gasteiger partial charge in [0.15, 0.2) is 0 Å². The lowest BCUT2D eigenvalue weighted by Gasteiger charge is -2.27. The van der Waals surface area contributed by atoms with Crippen LogP contribution in [0.3, 0.4) is 0 Å². The van der Waals surface area contributed by atoms with Crippen molar-refractivity contribution in [3.8, 4) is 11.1 Å². The van der Waals surface area contributed by atoms with Gasteiger partial charge in [0.05, 0.1) is 5.41 Å². The van der Waals surface area contributed by atoms with Crippen LogP contribution in [-0.2, 0) is 22.6 Å². The minimum atomic E-state index is -0.763. The number of carbonyl (C=O) groups excluding carboxylic acids is 2. The number of nitrogens with two attached hydrogens (primary N) is 1. The number of hydrogen-bond acceptors (Lipinski definition) is 4. The second kappa shape index (κ2) is 8.71. The van der Waals surface area contributed by atoms with Crippen molar-refractivity contribution >= 4 is 11.8 Å². The van der Waals surface area contributed by atoms with E-state index in [9.17, 15) is 9.59 Å². The Morgan fingerprint density at radius 3 is 2.58 bits per heavy atom. The van der Waals surface area contributed by atoms with Crippen molar-refractivity contribution in [3.05, 3.63) is 72.3 Å². The molecule has 3 heterocycles. The van der Waals surface area contributed by atoms with E-state index in [1.165, 1.54) is 0 Å². The maximum Gasteiger partial charge on any atom is 0.225 e. The summed E-state index contributed by atoms with van der Waals surface area (Å²) < 4.78 is 1.82. The minimum Gasteiger partial charge on any atom is -0.369 e. The van der Waals surface area contributed by atoms with Crippen LogP contribution in [0, 0.1) is 12.3 Å². The molecule has 0 radical (unpaired) electrons. The smallest absolute Gasteiger partial charge is 0.225 e. The summed E-state index contributed by atoms with van der Waals surface area (Å²) in [6.07, 6.45) is 6.67. The molecule has 1 aromatic carbocycles. The first-order chi connectivity index (χ1) is 15.0. The van der Waals surface area contributed by atoms with E-state index in [-0.39, 0.29) is 11.8 Å². The van der Waals surface area contributed by atoms with Crippen LogP contribution >= 0.6 is 0 Å². The average molecular weight is 418 g/mol. The van der Waals surface area contributed by atoms with Gasteiger partial charge in [0.1, 0.15) is 0 Å². The fourth-order valence-corrected chi connectivity index (χ4v) is 4.36. The van der Waals surface area contributed by atoms with Gasteiger partial charge in [-0.25, -0.2) is 0 Å². The summed E-state index contributed by atoms with van der Waals surface area (Å²) in [4.78, 5) is 31.3. The standard InChI is InChI=1S/C24H27N5O2/c1-18-6-13-27-29(18)14-9-22(30)28-15-10-24(17-28,23(25)31)16-20-4-2-3-5-21(20)19-7-11-26-12-8-19/h2-8,11-13H,9-10,14-17H2,1H3,(H2,25,31)/t24-/m1/s1. The first kappa shape index (κ1) is 20.8. The molecule has 31 heavy (non-hydrogen) atoms. The summed E-state index contributed by atoms with van der Waals surface area (Å²) in [6, 6.07) is 13.9. The van der Waals surface area contributed by atoms with Gasteiger partial charge in [0, 0.05) is 50.3 Å². The highest BCUT2D eigenvalue weighted by atomic mass is 16.2. The van der Waals surface area contributed by atoms with E-state index in [0.29, 0.717) is 38.9 Å². The first-order valence-electron chi connectivity index (χ1n) is 10.5. The third-order valence-electron chi connectivity index (χ3n) is 6.23. The highest BCUT2D eigenvalue weighted by Gasteiger charge is 2.45. The lowest BCUT2D eigenvalue weighted by molar-refractivity contribution is -0.132. The number of primary amides is 1. The van der Waals surface area contributed by atoms with Crippen LogP contribution in [0.4, 0.5) is 0 Å². The molecule has 2 amide bonds. The van der Waals surface area contributed by atoms with Gasteiger partial charge < -0.3 is 10.6 Å². The SMILES string of the molecule is Cc1ccnn1CCC(=O)N1CC[C@](Cc2ccccc2-c2ccncc2)(C(N)=O)C1. The number of aromatic nitrogens is 3. The van der Waals surface area contributed by atoms with Gasteiger partial charge in [-0.1, -0.05) is 24.3 Å². The first-order valence-corrected chi connectivity index (χ1v) is 10.5. The molecule has 1 aliphatic rings. The maximum atomic E-state index is 12.8. The van der Waals surface area contributed by atoms with Gasteiger partial charge in [-0.05, 0) is 54.7 Å². The number of aryl methyl sites for hydroxylation is 2. The molecule has 1 saturated heterocycles. The second-order valence-corrected chi connectivity index (χ2v) is 8.23. The lowest BCUT2D eigenvalue weighted by atomic mass is 9.78. The molecule has 1 atom stereocenters. The molecule has 7 heteroatoms. The van der Waals surface area contributed by atoms with Crippen LogP contribution < -0.4 is 5.73 Å². The Morgan fingerprint density at radius 2 is 1.87 bits per heavy atom. The number of rotatable bonds is 7. The van der Waals surface area contributed by atoms with Crippen LogP contribution in [0.5, 0.6) is 0 Å². The Morgan fingerprint density at radius 1 is 1.10 bits per heavy atom. The molecule has 0 bridgehead atoms. The van der Waals surface area contributed by atoms with Crippen molar-refractivity contribution in [2.24, 2.45) is 11.1 Å². The van der Waals surface area contributed by atoms with Crippen molar-refractivity contribution in [2.45, 2.75) is 32.7 Å². The monoisotopic (exact) mass is 417 g/mol. The van der Waals surface area contributed by atoms with Crippen molar-refractivity contribution < 1.29 is 9.59 Å². The Labute approximate surface area is 181 Å². The number of amides is 2. The molecule has 0 aliphatic carbocycles. The number of benzene rings is 1. The Bertz CT molecular complexity index is 1080. The molecule has 3 aromatic rings. The van der Waals surface area contributed by atoms with Crippen LogP contribution in [-0.4, -0.2) is 44.6 Å². The molecule has 4 rings (SSSR count). The van der Waals surface area contributed by atoms with Gasteiger partial charge in [-0.3, -0.25) is 19.3 Å². The third kappa shape index (κ3) is 4.35. The predicted octanol–water partition coefficient (Wildman–Crippen LogP) is 2.59. The quantitative estimate of drug-likeness (QED) is 0.639. The zero-order chi connectivity index (χ0) is 21.8. The number of pyridine rings is 1. The molecule has 2 N–H and O–H groups in total. The summed E-state index contributed by atoms with van der Waals surface area (Å²) in [7, 11) is 0. The van der Waals surface area contributed by atoms with Gasteiger partial charge in [-0.15, -0.1) is 0 Å². The van der Waals surface area contributed by atoms with Crippen LogP contribution in [0.2, 0.25) is 0 Å². The zero-order valence-corrected chi connectivity index (χ0v) is 17.7. The van der Waals surface area contributed by atoms with E-state index in [1.54, 1.807) is 23.5 Å².